The molecule has 2 heterocycles. The number of rotatable bonds is 5. The number of hydrogen-bond donors (Lipinski definition) is 3. The Balaban J connectivity index is 1.67. The zero-order valence-electron chi connectivity index (χ0n) is 13.2. The molecule has 0 saturated carbocycles. The summed E-state index contributed by atoms with van der Waals surface area (Å²) in [7, 11) is 0. The molecular formula is C17H20N4O3. The summed E-state index contributed by atoms with van der Waals surface area (Å²) in [5, 5.41) is 9.68. The number of H-pyrrole nitrogens is 1. The topological polar surface area (TPSA) is 110 Å². The lowest BCUT2D eigenvalue weighted by atomic mass is 9.79. The number of nitrogens with zero attached hydrogens (tertiary/aromatic N) is 1. The molecule has 3 rings (SSSR count). The maximum absolute atomic E-state index is 12.3. The van der Waals surface area contributed by atoms with Crippen molar-refractivity contribution in [3.8, 4) is 11.3 Å². The van der Waals surface area contributed by atoms with Crippen LogP contribution in [0.1, 0.15) is 23.3 Å². The van der Waals surface area contributed by atoms with Crippen LogP contribution in [-0.2, 0) is 9.53 Å². The summed E-state index contributed by atoms with van der Waals surface area (Å²) in [5.41, 5.74) is 6.76. The van der Waals surface area contributed by atoms with E-state index in [1.807, 2.05) is 30.3 Å². The minimum Gasteiger partial charge on any atom is -0.381 e. The largest absolute Gasteiger partial charge is 0.381 e. The van der Waals surface area contributed by atoms with E-state index in [2.05, 4.69) is 15.5 Å². The Morgan fingerprint density at radius 3 is 2.62 bits per heavy atom. The van der Waals surface area contributed by atoms with Crippen LogP contribution in [0.5, 0.6) is 0 Å². The number of ether oxygens (including phenoxy) is 1. The molecule has 2 aromatic rings. The highest BCUT2D eigenvalue weighted by molar-refractivity contribution is 5.94. The van der Waals surface area contributed by atoms with Crippen LogP contribution >= 0.6 is 0 Å². The Morgan fingerprint density at radius 1 is 1.25 bits per heavy atom. The van der Waals surface area contributed by atoms with Crippen molar-refractivity contribution >= 4 is 11.8 Å². The average Bonchev–Trinajstić information content (AvgIpc) is 3.11. The minimum atomic E-state index is -0.740. The van der Waals surface area contributed by atoms with Crippen molar-refractivity contribution in [2.75, 3.05) is 19.8 Å². The van der Waals surface area contributed by atoms with Crippen molar-refractivity contribution in [3.05, 3.63) is 42.1 Å². The number of amides is 2. The standard InChI is InChI=1S/C17H20N4O3/c18-16(23)17(6-8-24-9-7-17)11-19-15(22)14-10-13(20-21-14)12-4-2-1-3-5-12/h1-5,10H,6-9,11H2,(H2,18,23)(H,19,22)(H,20,21). The zero-order valence-corrected chi connectivity index (χ0v) is 13.2. The molecule has 126 valence electrons. The fourth-order valence-electron chi connectivity index (χ4n) is 2.81. The van der Waals surface area contributed by atoms with Crippen LogP contribution < -0.4 is 11.1 Å². The van der Waals surface area contributed by atoms with Crippen molar-refractivity contribution in [1.29, 1.82) is 0 Å². The minimum absolute atomic E-state index is 0.199. The van der Waals surface area contributed by atoms with Gasteiger partial charge in [0.1, 0.15) is 5.69 Å². The van der Waals surface area contributed by atoms with Crippen molar-refractivity contribution in [2.24, 2.45) is 11.1 Å². The van der Waals surface area contributed by atoms with E-state index >= 15 is 0 Å². The first-order valence-electron chi connectivity index (χ1n) is 7.87. The molecule has 1 saturated heterocycles. The summed E-state index contributed by atoms with van der Waals surface area (Å²) in [6.07, 6.45) is 1.03. The third-order valence-corrected chi connectivity index (χ3v) is 4.45. The van der Waals surface area contributed by atoms with E-state index in [1.165, 1.54) is 0 Å². The van der Waals surface area contributed by atoms with E-state index in [4.69, 9.17) is 10.5 Å². The van der Waals surface area contributed by atoms with Crippen molar-refractivity contribution in [3.63, 3.8) is 0 Å². The summed E-state index contributed by atoms with van der Waals surface area (Å²) < 4.78 is 5.28. The molecule has 1 aromatic heterocycles. The Kier molecular flexibility index (Phi) is 4.61. The van der Waals surface area contributed by atoms with Crippen LogP contribution in [0.2, 0.25) is 0 Å². The van der Waals surface area contributed by atoms with E-state index in [9.17, 15) is 9.59 Å². The van der Waals surface area contributed by atoms with Crippen molar-refractivity contribution < 1.29 is 14.3 Å². The smallest absolute Gasteiger partial charge is 0.269 e. The molecule has 7 heteroatoms. The summed E-state index contributed by atoms with van der Waals surface area (Å²) in [4.78, 5) is 24.1. The van der Waals surface area contributed by atoms with Crippen LogP contribution in [0.15, 0.2) is 36.4 Å². The predicted octanol–water partition coefficient (Wildman–Crippen LogP) is 1.09. The molecule has 1 aliphatic rings. The monoisotopic (exact) mass is 328 g/mol. The molecule has 0 bridgehead atoms. The molecule has 24 heavy (non-hydrogen) atoms. The highest BCUT2D eigenvalue weighted by Crippen LogP contribution is 2.29. The molecule has 7 nitrogen and oxygen atoms in total. The Labute approximate surface area is 139 Å². The molecule has 0 unspecified atom stereocenters. The second kappa shape index (κ2) is 6.84. The molecule has 1 aliphatic heterocycles. The van der Waals surface area contributed by atoms with Gasteiger partial charge in [-0.15, -0.1) is 0 Å². The number of aromatic nitrogens is 2. The van der Waals surface area contributed by atoms with Crippen LogP contribution in [0.3, 0.4) is 0 Å². The number of benzene rings is 1. The number of carbonyl (C=O) groups excluding carboxylic acids is 2. The highest BCUT2D eigenvalue weighted by atomic mass is 16.5. The van der Waals surface area contributed by atoms with Gasteiger partial charge < -0.3 is 15.8 Å². The van der Waals surface area contributed by atoms with Crippen molar-refractivity contribution in [2.45, 2.75) is 12.8 Å². The first-order valence-corrected chi connectivity index (χ1v) is 7.87. The van der Waals surface area contributed by atoms with Crippen LogP contribution in [0.4, 0.5) is 0 Å². The SMILES string of the molecule is NC(=O)C1(CNC(=O)c2cc(-c3ccccc3)n[nH]2)CCOCC1. The predicted molar refractivity (Wildman–Crippen MR) is 88.0 cm³/mol. The normalized spacial score (nSPS) is 16.5. The van der Waals surface area contributed by atoms with Gasteiger partial charge >= 0.3 is 0 Å². The highest BCUT2D eigenvalue weighted by Gasteiger charge is 2.38. The fourth-order valence-corrected chi connectivity index (χ4v) is 2.81. The summed E-state index contributed by atoms with van der Waals surface area (Å²) in [5.74, 6) is -0.711. The average molecular weight is 328 g/mol. The van der Waals surface area contributed by atoms with E-state index in [0.29, 0.717) is 37.4 Å². The number of primary amides is 1. The first kappa shape index (κ1) is 16.2. The van der Waals surface area contributed by atoms with Gasteiger partial charge in [-0.2, -0.15) is 5.10 Å². The molecule has 0 radical (unpaired) electrons. The number of nitrogens with two attached hydrogens (primary N) is 1. The quantitative estimate of drug-likeness (QED) is 0.763. The number of nitrogens with one attached hydrogen (secondary N) is 2. The van der Waals surface area contributed by atoms with Gasteiger partial charge in [0.15, 0.2) is 0 Å². The molecule has 2 amide bonds. The van der Waals surface area contributed by atoms with Gasteiger partial charge in [0.05, 0.1) is 11.1 Å². The molecule has 1 aromatic carbocycles. The molecule has 4 N–H and O–H groups in total. The maximum atomic E-state index is 12.3. The summed E-state index contributed by atoms with van der Waals surface area (Å²) in [6, 6.07) is 11.3. The molecule has 0 spiro atoms. The van der Waals surface area contributed by atoms with E-state index in [1.54, 1.807) is 6.07 Å². The van der Waals surface area contributed by atoms with Gasteiger partial charge in [0.2, 0.25) is 5.91 Å². The lowest BCUT2D eigenvalue weighted by Gasteiger charge is -2.34. The van der Waals surface area contributed by atoms with E-state index in [-0.39, 0.29) is 12.5 Å². The van der Waals surface area contributed by atoms with E-state index < -0.39 is 11.3 Å². The first-order chi connectivity index (χ1) is 11.6. The van der Waals surface area contributed by atoms with Gasteiger partial charge in [-0.05, 0) is 18.9 Å². The van der Waals surface area contributed by atoms with Gasteiger partial charge in [-0.1, -0.05) is 30.3 Å². The molecule has 0 aliphatic carbocycles. The zero-order chi connectivity index (χ0) is 17.0. The second-order valence-corrected chi connectivity index (χ2v) is 5.97. The van der Waals surface area contributed by atoms with Gasteiger partial charge in [0.25, 0.3) is 5.91 Å². The third-order valence-electron chi connectivity index (χ3n) is 4.45. The lowest BCUT2D eigenvalue weighted by Crippen LogP contribution is -2.49. The Bertz CT molecular complexity index is 720. The van der Waals surface area contributed by atoms with E-state index in [0.717, 1.165) is 5.56 Å². The number of carbonyl (C=O) groups is 2. The van der Waals surface area contributed by atoms with Crippen LogP contribution in [0, 0.1) is 5.41 Å². The van der Waals surface area contributed by atoms with Gasteiger partial charge in [-0.3, -0.25) is 14.7 Å². The van der Waals surface area contributed by atoms with Gasteiger partial charge in [-0.25, -0.2) is 0 Å². The fraction of sp³-hybridized carbons (Fsp3) is 0.353. The third kappa shape index (κ3) is 3.30. The lowest BCUT2D eigenvalue weighted by molar-refractivity contribution is -0.132. The number of aromatic amines is 1. The number of hydrogen-bond acceptors (Lipinski definition) is 4. The Hall–Kier alpha value is -2.67. The van der Waals surface area contributed by atoms with Crippen LogP contribution in [0.25, 0.3) is 11.3 Å². The maximum Gasteiger partial charge on any atom is 0.269 e. The van der Waals surface area contributed by atoms with Crippen LogP contribution in [-0.4, -0.2) is 41.8 Å². The molecule has 0 atom stereocenters. The molecular weight excluding hydrogens is 308 g/mol. The molecule has 1 fully saturated rings. The Morgan fingerprint density at radius 2 is 1.96 bits per heavy atom. The summed E-state index contributed by atoms with van der Waals surface area (Å²) >= 11 is 0. The summed E-state index contributed by atoms with van der Waals surface area (Å²) in [6.45, 7) is 1.15. The second-order valence-electron chi connectivity index (χ2n) is 5.97. The van der Waals surface area contributed by atoms with Crippen molar-refractivity contribution in [1.82, 2.24) is 15.5 Å². The van der Waals surface area contributed by atoms with Gasteiger partial charge in [0, 0.05) is 25.3 Å².